The van der Waals surface area contributed by atoms with Crippen molar-refractivity contribution in [3.63, 3.8) is 0 Å². The Hall–Kier alpha value is -3.50. The van der Waals surface area contributed by atoms with Gasteiger partial charge in [0.25, 0.3) is 0 Å². The lowest BCUT2D eigenvalue weighted by molar-refractivity contribution is 0.000121. The van der Waals surface area contributed by atoms with Crippen LogP contribution in [-0.2, 0) is 36.8 Å². The fourth-order valence-corrected chi connectivity index (χ4v) is 6.23. The van der Waals surface area contributed by atoms with Gasteiger partial charge in [0.1, 0.15) is 17.1 Å². The van der Waals surface area contributed by atoms with Gasteiger partial charge in [0.2, 0.25) is 0 Å². The second-order valence-electron chi connectivity index (χ2n) is 10.2. The highest BCUT2D eigenvalue weighted by Gasteiger charge is 2.38. The average Bonchev–Trinajstić information content (AvgIpc) is 3.17. The summed E-state index contributed by atoms with van der Waals surface area (Å²) in [6, 6.07) is 37.4. The lowest BCUT2D eigenvalue weighted by atomic mass is 9.80. The van der Waals surface area contributed by atoms with Crippen LogP contribution >= 0.6 is 31.9 Å². The summed E-state index contributed by atoms with van der Waals surface area (Å²) in [5, 5.41) is 27.2. The van der Waals surface area contributed by atoms with Gasteiger partial charge in [-0.3, -0.25) is 0 Å². The molecule has 47 heavy (non-hydrogen) atoms. The Labute approximate surface area is 298 Å². The van der Waals surface area contributed by atoms with Crippen molar-refractivity contribution < 1.29 is 32.3 Å². The molecule has 0 amide bonds. The molecule has 0 aliphatic rings. The van der Waals surface area contributed by atoms with Crippen molar-refractivity contribution in [1.29, 1.82) is 0 Å². The topological polar surface area (TPSA) is 88.4 Å². The van der Waals surface area contributed by atoms with Gasteiger partial charge in [-0.1, -0.05) is 113 Å². The van der Waals surface area contributed by atoms with Crippen molar-refractivity contribution >= 4 is 31.9 Å². The van der Waals surface area contributed by atoms with Gasteiger partial charge < -0.3 is 29.5 Å². The molecule has 0 aromatic heterocycles. The van der Waals surface area contributed by atoms with Gasteiger partial charge in [0.05, 0.1) is 40.6 Å². The summed E-state index contributed by atoms with van der Waals surface area (Å²) in [7, 11) is 5.82. The number of aliphatic hydroxyl groups is 3. The summed E-state index contributed by atoms with van der Waals surface area (Å²) >= 11 is 6.82. The predicted octanol–water partition coefficient (Wildman–Crippen LogP) is 9.17. The van der Waals surface area contributed by atoms with E-state index >= 15 is 0 Å². The van der Waals surface area contributed by atoms with Crippen LogP contribution in [-0.4, -0.2) is 29.5 Å². The van der Waals surface area contributed by atoms with Gasteiger partial charge in [-0.15, -0.1) is 0 Å². The quantitative estimate of drug-likeness (QED) is 0.116. The third-order valence-corrected chi connectivity index (χ3v) is 8.13. The van der Waals surface area contributed by atoms with E-state index in [1.54, 1.807) is 20.3 Å². The zero-order valence-electron chi connectivity index (χ0n) is 29.1. The number of rotatable bonds is 11. The first kappa shape index (κ1) is 36.3. The van der Waals surface area contributed by atoms with E-state index in [9.17, 15) is 5.11 Å². The van der Waals surface area contributed by atoms with Crippen LogP contribution in [0.25, 0.3) is 0 Å². The van der Waals surface area contributed by atoms with E-state index in [1.165, 1.54) is 14.8 Å². The summed E-state index contributed by atoms with van der Waals surface area (Å²) in [6.07, 6.45) is 0. The Morgan fingerprint density at radius 2 is 0.957 bits per heavy atom. The van der Waals surface area contributed by atoms with Crippen LogP contribution in [0.5, 0.6) is 11.5 Å². The molecule has 5 aromatic carbocycles. The fraction of sp³-hybridized carbons (Fsp3) is 0.231. The molecule has 0 heterocycles. The number of ether oxygens (including phenoxy) is 3. The molecule has 3 N–H and O–H groups in total. The van der Waals surface area contributed by atoms with Crippen molar-refractivity contribution in [3.05, 3.63) is 163 Å². The van der Waals surface area contributed by atoms with Gasteiger partial charge in [-0.05, 0) is 87.5 Å². The zero-order valence-corrected chi connectivity index (χ0v) is 30.3. The predicted molar refractivity (Wildman–Crippen MR) is 197 cm³/mol. The van der Waals surface area contributed by atoms with Crippen LogP contribution < -0.4 is 9.47 Å². The first-order chi connectivity index (χ1) is 23.8. The Bertz CT molecular complexity index is 1580. The van der Waals surface area contributed by atoms with E-state index in [2.05, 4.69) is 44.0 Å². The molecule has 0 spiro atoms. The average molecular weight is 772 g/mol. The highest BCUT2D eigenvalue weighted by molar-refractivity contribution is 9.10. The van der Waals surface area contributed by atoms with E-state index in [0.717, 1.165) is 59.4 Å². The van der Waals surface area contributed by atoms with Gasteiger partial charge in [-0.2, -0.15) is 0 Å². The van der Waals surface area contributed by atoms with E-state index in [-0.39, 0.29) is 19.8 Å². The van der Waals surface area contributed by atoms with Crippen LogP contribution in [0.15, 0.2) is 124 Å². The molecule has 0 atom stereocenters. The summed E-state index contributed by atoms with van der Waals surface area (Å²) in [5.41, 5.74) is 5.47. The minimum atomic E-state index is -0.887. The van der Waals surface area contributed by atoms with Crippen LogP contribution in [0.2, 0.25) is 0 Å². The number of hydrogen-bond acceptors (Lipinski definition) is 6. The zero-order chi connectivity index (χ0) is 36.2. The second kappa shape index (κ2) is 19.4. The summed E-state index contributed by atoms with van der Waals surface area (Å²) in [5.74, 6) is 1.56. The van der Waals surface area contributed by atoms with E-state index < -0.39 is 5.60 Å². The number of benzene rings is 5. The van der Waals surface area contributed by atoms with E-state index in [4.69, 9.17) is 27.2 Å². The summed E-state index contributed by atoms with van der Waals surface area (Å²) < 4.78 is 31.0. The Kier molecular flexibility index (Phi) is 15.0. The van der Waals surface area contributed by atoms with E-state index in [0.29, 0.717) is 6.61 Å². The van der Waals surface area contributed by atoms with Crippen molar-refractivity contribution in [2.75, 3.05) is 14.2 Å². The maximum Gasteiger partial charge on any atom is 0.144 e. The molecule has 0 aliphatic carbocycles. The Morgan fingerprint density at radius 1 is 0.596 bits per heavy atom. The summed E-state index contributed by atoms with van der Waals surface area (Å²) in [4.78, 5) is 0. The van der Waals surface area contributed by atoms with Crippen LogP contribution in [0.3, 0.4) is 0 Å². The molecule has 5 rings (SSSR count). The number of halogens is 2. The first-order valence-electron chi connectivity index (χ1n) is 16.2. The molecule has 0 bridgehead atoms. The highest BCUT2D eigenvalue weighted by atomic mass is 79.9. The molecule has 250 valence electrons. The fourth-order valence-electron chi connectivity index (χ4n) is 5.06. The molecular formula is C39H44Br2O6. The van der Waals surface area contributed by atoms with Crippen LogP contribution in [0, 0.1) is 0 Å². The molecule has 0 radical (unpaired) electrons. The Balaban J connectivity index is 0.000000466. The molecule has 0 fully saturated rings. The smallest absolute Gasteiger partial charge is 0.144 e. The summed E-state index contributed by atoms with van der Waals surface area (Å²) in [6.45, 7) is 0.311. The highest BCUT2D eigenvalue weighted by Crippen LogP contribution is 2.42. The van der Waals surface area contributed by atoms with Crippen molar-refractivity contribution in [2.24, 2.45) is 0 Å². The third-order valence-electron chi connectivity index (χ3n) is 7.21. The standard InChI is InChI=1S/C29H27BrO4.C8H9BrO2.2CH4/c1-32-27-12-8-24(9-13-27)29(23-6-4-3-5-7-23,25-10-14-28(33-2)15-11-25)34-20-22-16-21(19-31)17-26(30)18-22;9-8-2-6(4-10)1-7(3-8)5-11;;/h3-18,31H,19-20H2,1-2H3;1-3,10-11H,4-5H2;2*1H4/i;;1T;1D. The van der Waals surface area contributed by atoms with Gasteiger partial charge >= 0.3 is 0 Å². The van der Waals surface area contributed by atoms with E-state index in [1.807, 2.05) is 97.1 Å². The largest absolute Gasteiger partial charge is 0.497 e. The third kappa shape index (κ3) is 10.2. The normalized spacial score (nSPS) is 10.8. The van der Waals surface area contributed by atoms with Crippen molar-refractivity contribution in [2.45, 2.75) is 46.8 Å². The minimum Gasteiger partial charge on any atom is -0.497 e. The number of hydrogen-bond donors (Lipinski definition) is 3. The maximum atomic E-state index is 9.66. The molecule has 6 nitrogen and oxygen atoms in total. The molecule has 0 saturated carbocycles. The van der Waals surface area contributed by atoms with Gasteiger partial charge in [0.15, 0.2) is 0 Å². The molecule has 8 heteroatoms. The monoisotopic (exact) mass is 769 g/mol. The molecule has 0 saturated heterocycles. The molecule has 5 aromatic rings. The molecular weight excluding hydrogens is 724 g/mol. The van der Waals surface area contributed by atoms with Gasteiger partial charge in [0, 0.05) is 11.7 Å². The maximum absolute atomic E-state index is 9.66. The molecule has 0 aliphatic heterocycles. The number of aliphatic hydroxyl groups excluding tert-OH is 3. The Morgan fingerprint density at radius 3 is 1.34 bits per heavy atom. The van der Waals surface area contributed by atoms with Crippen LogP contribution in [0.1, 0.15) is 56.5 Å². The number of methoxy groups -OCH3 is 2. The minimum absolute atomic E-state index is 0.00639. The second-order valence-corrected chi connectivity index (χ2v) is 12.0. The van der Waals surface area contributed by atoms with Crippen molar-refractivity contribution in [3.8, 4) is 11.5 Å². The SMILES string of the molecule is COc1ccc(C(OCc2cc(Br)cc(CO)c2)(c2ccccc2)c2ccc(OC)cc2)cc1.OCc1cc(Br)cc(CO)c1.[2H]C.[3H]C. The van der Waals surface area contributed by atoms with Crippen molar-refractivity contribution in [1.82, 2.24) is 0 Å². The van der Waals surface area contributed by atoms with Gasteiger partial charge in [-0.25, -0.2) is 0 Å². The molecule has 0 unspecified atom stereocenters. The van der Waals surface area contributed by atoms with Crippen LogP contribution in [0.4, 0.5) is 0 Å². The lowest BCUT2D eigenvalue weighted by Gasteiger charge is -2.36. The lowest BCUT2D eigenvalue weighted by Crippen LogP contribution is -2.32. The first-order valence-corrected chi connectivity index (χ1v) is 15.8.